The van der Waals surface area contributed by atoms with Crippen molar-refractivity contribution < 1.29 is 9.32 Å². The van der Waals surface area contributed by atoms with Gasteiger partial charge in [-0.2, -0.15) is 0 Å². The van der Waals surface area contributed by atoms with Crippen LogP contribution in [0, 0.1) is 13.8 Å². The molecule has 2 aromatic rings. The maximum Gasteiger partial charge on any atom is 0.290 e. The molecular formula is C15H21N3O2S. The van der Waals surface area contributed by atoms with Gasteiger partial charge in [0.25, 0.3) is 5.91 Å². The van der Waals surface area contributed by atoms with E-state index in [2.05, 4.69) is 15.5 Å². The molecule has 21 heavy (non-hydrogen) atoms. The third kappa shape index (κ3) is 3.50. The second-order valence-corrected chi connectivity index (χ2v) is 6.63. The molecule has 0 aliphatic rings. The van der Waals surface area contributed by atoms with E-state index in [9.17, 15) is 4.79 Å². The van der Waals surface area contributed by atoms with Gasteiger partial charge in [-0.05, 0) is 26.2 Å². The van der Waals surface area contributed by atoms with Crippen LogP contribution < -0.4 is 5.32 Å². The van der Waals surface area contributed by atoms with Gasteiger partial charge in [0.15, 0.2) is 0 Å². The number of nitrogens with one attached hydrogen (secondary N) is 1. The van der Waals surface area contributed by atoms with Crippen molar-refractivity contribution in [3.8, 4) is 0 Å². The van der Waals surface area contributed by atoms with Crippen LogP contribution in [0.15, 0.2) is 10.6 Å². The van der Waals surface area contributed by atoms with Crippen LogP contribution >= 0.6 is 11.3 Å². The molecule has 0 unspecified atom stereocenters. The first-order chi connectivity index (χ1) is 9.92. The molecule has 2 aromatic heterocycles. The van der Waals surface area contributed by atoms with Gasteiger partial charge in [-0.15, -0.1) is 11.3 Å². The highest BCUT2D eigenvalue weighted by atomic mass is 32.1. The average molecular weight is 307 g/mol. The number of hydrogen-bond acceptors (Lipinski definition) is 5. The molecule has 0 saturated carbocycles. The van der Waals surface area contributed by atoms with Gasteiger partial charge < -0.3 is 9.84 Å². The van der Waals surface area contributed by atoms with E-state index in [0.717, 1.165) is 22.8 Å². The molecule has 0 aliphatic heterocycles. The Morgan fingerprint density at radius 1 is 1.43 bits per heavy atom. The van der Waals surface area contributed by atoms with Crippen LogP contribution in [0.25, 0.3) is 0 Å². The zero-order chi connectivity index (χ0) is 15.6. The molecule has 1 N–H and O–H groups in total. The van der Waals surface area contributed by atoms with Crippen LogP contribution in [-0.2, 0) is 0 Å². The Morgan fingerprint density at radius 2 is 2.14 bits per heavy atom. The standard InChI is InChI=1S/C15H21N3O2S/c1-6-11(15-16-9(4)10(5)21-15)17-14(19)13-7-12(8(2)3)18-20-13/h7-8,11H,6H2,1-5H3,(H,17,19)/t11-/m0/s1. The Bertz CT molecular complexity index is 611. The lowest BCUT2D eigenvalue weighted by molar-refractivity contribution is 0.0898. The quantitative estimate of drug-likeness (QED) is 0.913. The van der Waals surface area contributed by atoms with Crippen molar-refractivity contribution in [3.63, 3.8) is 0 Å². The molecule has 0 aromatic carbocycles. The highest BCUT2D eigenvalue weighted by molar-refractivity contribution is 7.11. The van der Waals surface area contributed by atoms with Gasteiger partial charge in [0.05, 0.1) is 17.4 Å². The van der Waals surface area contributed by atoms with E-state index in [1.807, 2.05) is 34.6 Å². The normalized spacial score (nSPS) is 12.7. The number of carbonyl (C=O) groups is 1. The van der Waals surface area contributed by atoms with Crippen LogP contribution in [0.4, 0.5) is 0 Å². The summed E-state index contributed by atoms with van der Waals surface area (Å²) in [5, 5.41) is 7.81. The van der Waals surface area contributed by atoms with Crippen LogP contribution in [-0.4, -0.2) is 16.0 Å². The van der Waals surface area contributed by atoms with Crippen molar-refractivity contribution in [2.75, 3.05) is 0 Å². The van der Waals surface area contributed by atoms with Gasteiger partial charge in [0, 0.05) is 10.9 Å². The number of rotatable bonds is 5. The minimum Gasteiger partial charge on any atom is -0.351 e. The van der Waals surface area contributed by atoms with E-state index in [4.69, 9.17) is 4.52 Å². The minimum atomic E-state index is -0.244. The second-order valence-electron chi connectivity index (χ2n) is 5.40. The fraction of sp³-hybridized carbons (Fsp3) is 0.533. The fourth-order valence-electron chi connectivity index (χ4n) is 1.88. The molecule has 0 saturated heterocycles. The molecule has 0 spiro atoms. The molecule has 0 fully saturated rings. The number of amides is 1. The third-order valence-electron chi connectivity index (χ3n) is 3.40. The molecule has 0 bridgehead atoms. The number of nitrogens with zero attached hydrogens (tertiary/aromatic N) is 2. The summed E-state index contributed by atoms with van der Waals surface area (Å²) >= 11 is 1.62. The van der Waals surface area contributed by atoms with E-state index in [0.29, 0.717) is 0 Å². The highest BCUT2D eigenvalue weighted by Crippen LogP contribution is 2.25. The molecule has 1 atom stereocenters. The summed E-state index contributed by atoms with van der Waals surface area (Å²) in [6, 6.07) is 1.60. The van der Waals surface area contributed by atoms with Crippen molar-refractivity contribution in [3.05, 3.63) is 33.1 Å². The average Bonchev–Trinajstić information content (AvgIpc) is 3.04. The Balaban J connectivity index is 2.12. The smallest absolute Gasteiger partial charge is 0.290 e. The number of thiazole rings is 1. The lowest BCUT2D eigenvalue weighted by Crippen LogP contribution is -2.27. The van der Waals surface area contributed by atoms with Gasteiger partial charge in [-0.1, -0.05) is 25.9 Å². The first-order valence-electron chi connectivity index (χ1n) is 7.13. The Kier molecular flexibility index (Phi) is 4.77. The molecule has 2 heterocycles. The topological polar surface area (TPSA) is 68.0 Å². The fourth-order valence-corrected chi connectivity index (χ4v) is 2.94. The molecule has 0 radical (unpaired) electrons. The summed E-state index contributed by atoms with van der Waals surface area (Å²) in [7, 11) is 0. The summed E-state index contributed by atoms with van der Waals surface area (Å²) in [4.78, 5) is 17.9. The van der Waals surface area contributed by atoms with E-state index in [1.165, 1.54) is 4.88 Å². The van der Waals surface area contributed by atoms with Gasteiger partial charge in [-0.25, -0.2) is 4.98 Å². The van der Waals surface area contributed by atoms with Crippen molar-refractivity contribution in [2.45, 2.75) is 53.0 Å². The molecule has 114 valence electrons. The minimum absolute atomic E-state index is 0.0949. The van der Waals surface area contributed by atoms with Crippen molar-refractivity contribution in [1.29, 1.82) is 0 Å². The number of aryl methyl sites for hydroxylation is 2. The summed E-state index contributed by atoms with van der Waals surface area (Å²) < 4.78 is 5.12. The Morgan fingerprint density at radius 3 is 2.62 bits per heavy atom. The maximum atomic E-state index is 12.2. The zero-order valence-corrected chi connectivity index (χ0v) is 13.9. The largest absolute Gasteiger partial charge is 0.351 e. The maximum absolute atomic E-state index is 12.2. The molecule has 6 heteroatoms. The second kappa shape index (κ2) is 6.39. The number of carbonyl (C=O) groups excluding carboxylic acids is 1. The SMILES string of the molecule is CC[C@H](NC(=O)c1cc(C(C)C)no1)c1nc(C)c(C)s1. The first kappa shape index (κ1) is 15.7. The molecule has 5 nitrogen and oxygen atoms in total. The molecule has 1 amide bonds. The molecule has 2 rings (SSSR count). The van der Waals surface area contributed by atoms with E-state index in [-0.39, 0.29) is 23.6 Å². The van der Waals surface area contributed by atoms with Gasteiger partial charge in [-0.3, -0.25) is 4.79 Å². The van der Waals surface area contributed by atoms with Crippen LogP contribution in [0.5, 0.6) is 0 Å². The predicted molar refractivity (Wildman–Crippen MR) is 82.7 cm³/mol. The van der Waals surface area contributed by atoms with Gasteiger partial charge >= 0.3 is 0 Å². The van der Waals surface area contributed by atoms with Gasteiger partial charge in [0.2, 0.25) is 5.76 Å². The Labute approximate surface area is 128 Å². The predicted octanol–water partition coefficient (Wildman–Crippen LogP) is 3.75. The summed E-state index contributed by atoms with van der Waals surface area (Å²) in [6.45, 7) is 10.1. The molecule has 0 aliphatic carbocycles. The number of hydrogen-bond donors (Lipinski definition) is 1. The molecular weight excluding hydrogens is 286 g/mol. The Hall–Kier alpha value is -1.69. The first-order valence-corrected chi connectivity index (χ1v) is 7.95. The van der Waals surface area contributed by atoms with Crippen LogP contribution in [0.3, 0.4) is 0 Å². The summed E-state index contributed by atoms with van der Waals surface area (Å²) in [6.07, 6.45) is 0.781. The van der Waals surface area contributed by atoms with E-state index >= 15 is 0 Å². The lowest BCUT2D eigenvalue weighted by Gasteiger charge is -2.12. The van der Waals surface area contributed by atoms with E-state index < -0.39 is 0 Å². The van der Waals surface area contributed by atoms with Crippen molar-refractivity contribution in [1.82, 2.24) is 15.5 Å². The monoisotopic (exact) mass is 307 g/mol. The van der Waals surface area contributed by atoms with Crippen LogP contribution in [0.2, 0.25) is 0 Å². The summed E-state index contributed by atoms with van der Waals surface area (Å²) in [5.74, 6) is 0.246. The zero-order valence-electron chi connectivity index (χ0n) is 13.1. The third-order valence-corrected chi connectivity index (χ3v) is 4.59. The number of aromatic nitrogens is 2. The van der Waals surface area contributed by atoms with Crippen LogP contribution in [0.1, 0.15) is 71.0 Å². The van der Waals surface area contributed by atoms with Gasteiger partial charge in [0.1, 0.15) is 5.01 Å². The lowest BCUT2D eigenvalue weighted by atomic mass is 10.1. The van der Waals surface area contributed by atoms with Crippen molar-refractivity contribution >= 4 is 17.2 Å². The van der Waals surface area contributed by atoms with E-state index in [1.54, 1.807) is 17.4 Å². The summed E-state index contributed by atoms with van der Waals surface area (Å²) in [5.41, 5.74) is 1.80. The highest BCUT2D eigenvalue weighted by Gasteiger charge is 2.21. The van der Waals surface area contributed by atoms with Crippen molar-refractivity contribution in [2.24, 2.45) is 0 Å².